The van der Waals surface area contributed by atoms with Crippen LogP contribution in [0.4, 0.5) is 0 Å². The SMILES string of the molecule is CCC(CO)NC(=O)c1ccc(S(=O)(=O)N(C)C)cc1. The molecule has 1 aromatic carbocycles. The van der Waals surface area contributed by atoms with Crippen molar-refractivity contribution in [2.24, 2.45) is 0 Å². The van der Waals surface area contributed by atoms with Gasteiger partial charge in [-0.2, -0.15) is 0 Å². The zero-order valence-corrected chi connectivity index (χ0v) is 12.6. The van der Waals surface area contributed by atoms with Gasteiger partial charge in [0, 0.05) is 19.7 Å². The summed E-state index contributed by atoms with van der Waals surface area (Å²) in [4.78, 5) is 12.0. The van der Waals surface area contributed by atoms with Crippen molar-refractivity contribution < 1.29 is 18.3 Å². The number of amides is 1. The van der Waals surface area contributed by atoms with E-state index in [2.05, 4.69) is 5.32 Å². The molecule has 2 N–H and O–H groups in total. The molecule has 0 heterocycles. The minimum Gasteiger partial charge on any atom is -0.394 e. The second-order valence-corrected chi connectivity index (χ2v) is 6.72. The molecule has 0 saturated carbocycles. The number of aliphatic hydroxyl groups excluding tert-OH is 1. The topological polar surface area (TPSA) is 86.7 Å². The first-order valence-electron chi connectivity index (χ1n) is 6.27. The van der Waals surface area contributed by atoms with E-state index in [9.17, 15) is 13.2 Å². The fourth-order valence-electron chi connectivity index (χ4n) is 1.53. The number of hydrogen-bond donors (Lipinski definition) is 2. The van der Waals surface area contributed by atoms with E-state index in [-0.39, 0.29) is 23.5 Å². The number of benzene rings is 1. The van der Waals surface area contributed by atoms with E-state index in [1.165, 1.54) is 38.4 Å². The molecule has 0 saturated heterocycles. The molecule has 1 atom stereocenters. The van der Waals surface area contributed by atoms with Crippen LogP contribution < -0.4 is 5.32 Å². The number of sulfonamides is 1. The maximum absolute atomic E-state index is 11.9. The monoisotopic (exact) mass is 300 g/mol. The van der Waals surface area contributed by atoms with Gasteiger partial charge in [0.05, 0.1) is 17.5 Å². The van der Waals surface area contributed by atoms with Crippen LogP contribution >= 0.6 is 0 Å². The third-order valence-electron chi connectivity index (χ3n) is 2.94. The Kier molecular flexibility index (Phi) is 5.67. The molecule has 112 valence electrons. The Bertz CT molecular complexity index is 548. The molecule has 0 aromatic heterocycles. The highest BCUT2D eigenvalue weighted by atomic mass is 32.2. The minimum atomic E-state index is -3.49. The van der Waals surface area contributed by atoms with Gasteiger partial charge in [-0.15, -0.1) is 0 Å². The molecule has 0 spiro atoms. The lowest BCUT2D eigenvalue weighted by molar-refractivity contribution is 0.0915. The summed E-state index contributed by atoms with van der Waals surface area (Å²) in [5, 5.41) is 11.7. The average molecular weight is 300 g/mol. The number of nitrogens with zero attached hydrogens (tertiary/aromatic N) is 1. The van der Waals surface area contributed by atoms with E-state index in [0.29, 0.717) is 12.0 Å². The van der Waals surface area contributed by atoms with Crippen molar-refractivity contribution in [1.29, 1.82) is 0 Å². The molecular weight excluding hydrogens is 280 g/mol. The third kappa shape index (κ3) is 3.78. The van der Waals surface area contributed by atoms with Gasteiger partial charge in [-0.3, -0.25) is 4.79 Å². The van der Waals surface area contributed by atoms with Crippen LogP contribution in [0.25, 0.3) is 0 Å². The van der Waals surface area contributed by atoms with Gasteiger partial charge < -0.3 is 10.4 Å². The van der Waals surface area contributed by atoms with Gasteiger partial charge in [-0.1, -0.05) is 6.92 Å². The second kappa shape index (κ2) is 6.83. The van der Waals surface area contributed by atoms with Gasteiger partial charge in [0.1, 0.15) is 0 Å². The lowest BCUT2D eigenvalue weighted by Crippen LogP contribution is -2.36. The standard InChI is InChI=1S/C13H20N2O4S/c1-4-11(9-16)14-13(17)10-5-7-12(8-6-10)20(18,19)15(2)3/h5-8,11,16H,4,9H2,1-3H3,(H,14,17). The predicted octanol–water partition coefficient (Wildman–Crippen LogP) is 0.438. The molecule has 0 aliphatic rings. The van der Waals surface area contributed by atoms with E-state index in [1.807, 2.05) is 6.92 Å². The Hall–Kier alpha value is -1.44. The number of hydrogen-bond acceptors (Lipinski definition) is 4. The summed E-state index contributed by atoms with van der Waals surface area (Å²) >= 11 is 0. The summed E-state index contributed by atoms with van der Waals surface area (Å²) < 4.78 is 24.9. The highest BCUT2D eigenvalue weighted by Gasteiger charge is 2.18. The lowest BCUT2D eigenvalue weighted by atomic mass is 10.2. The van der Waals surface area contributed by atoms with Gasteiger partial charge in [-0.25, -0.2) is 12.7 Å². The molecule has 6 nitrogen and oxygen atoms in total. The number of carbonyl (C=O) groups is 1. The summed E-state index contributed by atoms with van der Waals surface area (Å²) in [5.41, 5.74) is 0.356. The third-order valence-corrected chi connectivity index (χ3v) is 4.77. The molecular formula is C13H20N2O4S. The molecule has 0 bridgehead atoms. The molecule has 1 aromatic rings. The Morgan fingerprint density at radius 2 is 1.85 bits per heavy atom. The van der Waals surface area contributed by atoms with Gasteiger partial charge >= 0.3 is 0 Å². The van der Waals surface area contributed by atoms with Crippen LogP contribution in [-0.4, -0.2) is 50.5 Å². The van der Waals surface area contributed by atoms with Crippen LogP contribution in [0.5, 0.6) is 0 Å². The summed E-state index contributed by atoms with van der Waals surface area (Å²) in [5.74, 6) is -0.334. The first-order valence-corrected chi connectivity index (χ1v) is 7.71. The van der Waals surface area contributed by atoms with E-state index in [4.69, 9.17) is 5.11 Å². The molecule has 1 rings (SSSR count). The zero-order chi connectivity index (χ0) is 15.3. The summed E-state index contributed by atoms with van der Waals surface area (Å²) in [6, 6.07) is 5.40. The van der Waals surface area contributed by atoms with Crippen LogP contribution in [-0.2, 0) is 10.0 Å². The van der Waals surface area contributed by atoms with Gasteiger partial charge in [0.15, 0.2) is 0 Å². The summed E-state index contributed by atoms with van der Waals surface area (Å²) in [6.45, 7) is 1.73. The van der Waals surface area contributed by atoms with Gasteiger partial charge in [0.25, 0.3) is 5.91 Å². The van der Waals surface area contributed by atoms with E-state index < -0.39 is 10.0 Å². The Balaban J connectivity index is 2.89. The van der Waals surface area contributed by atoms with Crippen molar-refractivity contribution >= 4 is 15.9 Å². The fraction of sp³-hybridized carbons (Fsp3) is 0.462. The normalized spacial score (nSPS) is 13.2. The van der Waals surface area contributed by atoms with Crippen LogP contribution in [0, 0.1) is 0 Å². The van der Waals surface area contributed by atoms with Gasteiger partial charge in [0.2, 0.25) is 10.0 Å². The van der Waals surface area contributed by atoms with Crippen molar-refractivity contribution in [1.82, 2.24) is 9.62 Å². The predicted molar refractivity (Wildman–Crippen MR) is 75.9 cm³/mol. The average Bonchev–Trinajstić information content (AvgIpc) is 2.44. The van der Waals surface area contributed by atoms with Crippen molar-refractivity contribution in [3.8, 4) is 0 Å². The zero-order valence-electron chi connectivity index (χ0n) is 11.8. The van der Waals surface area contributed by atoms with Crippen molar-refractivity contribution in [2.75, 3.05) is 20.7 Å². The Morgan fingerprint density at radius 1 is 1.30 bits per heavy atom. The first-order chi connectivity index (χ1) is 9.32. The Labute approximate surface area is 119 Å². The molecule has 1 unspecified atom stereocenters. The number of rotatable bonds is 6. The maximum atomic E-state index is 11.9. The van der Waals surface area contributed by atoms with Crippen LogP contribution in [0.2, 0.25) is 0 Å². The largest absolute Gasteiger partial charge is 0.394 e. The van der Waals surface area contributed by atoms with Gasteiger partial charge in [-0.05, 0) is 30.7 Å². The quantitative estimate of drug-likeness (QED) is 0.798. The molecule has 1 amide bonds. The number of carbonyl (C=O) groups excluding carboxylic acids is 1. The Morgan fingerprint density at radius 3 is 2.25 bits per heavy atom. The molecule has 0 radical (unpaired) electrons. The second-order valence-electron chi connectivity index (χ2n) is 4.57. The first kappa shape index (κ1) is 16.6. The van der Waals surface area contributed by atoms with E-state index in [1.54, 1.807) is 0 Å². The van der Waals surface area contributed by atoms with Crippen LogP contribution in [0.1, 0.15) is 23.7 Å². The van der Waals surface area contributed by atoms with Crippen LogP contribution in [0.3, 0.4) is 0 Å². The van der Waals surface area contributed by atoms with Crippen molar-refractivity contribution in [3.63, 3.8) is 0 Å². The summed E-state index contributed by atoms with van der Waals surface area (Å²) in [7, 11) is -0.595. The van der Waals surface area contributed by atoms with Crippen molar-refractivity contribution in [3.05, 3.63) is 29.8 Å². The lowest BCUT2D eigenvalue weighted by Gasteiger charge is -2.14. The molecule has 0 fully saturated rings. The molecule has 7 heteroatoms. The van der Waals surface area contributed by atoms with Crippen LogP contribution in [0.15, 0.2) is 29.2 Å². The number of aliphatic hydroxyl groups is 1. The molecule has 20 heavy (non-hydrogen) atoms. The highest BCUT2D eigenvalue weighted by Crippen LogP contribution is 2.14. The minimum absolute atomic E-state index is 0.130. The smallest absolute Gasteiger partial charge is 0.251 e. The maximum Gasteiger partial charge on any atom is 0.251 e. The van der Waals surface area contributed by atoms with Crippen molar-refractivity contribution in [2.45, 2.75) is 24.3 Å². The molecule has 0 aliphatic carbocycles. The number of nitrogens with one attached hydrogen (secondary N) is 1. The van der Waals surface area contributed by atoms with E-state index >= 15 is 0 Å². The molecule has 0 aliphatic heterocycles. The fourth-order valence-corrected chi connectivity index (χ4v) is 2.44. The van der Waals surface area contributed by atoms with E-state index in [0.717, 1.165) is 4.31 Å². The highest BCUT2D eigenvalue weighted by molar-refractivity contribution is 7.89. The summed E-state index contributed by atoms with van der Waals surface area (Å²) in [6.07, 6.45) is 0.620.